The molecule has 0 aliphatic carbocycles. The SMILES string of the molecule is CC(C)(C)c1cc(C(C)(C)C)c(OP(Oc2c(C(C)(C)C)cc(C(C)(C)C)cc2C(C)(C)C)OP(O)O)c(C(C)(C)C)c1. The van der Waals surface area contributed by atoms with E-state index < -0.39 is 17.2 Å². The molecule has 0 heterocycles. The van der Waals surface area contributed by atoms with Gasteiger partial charge in [0, 0.05) is 22.3 Å². The molecule has 2 aromatic rings. The Labute approximate surface area is 266 Å². The molecule has 43 heavy (non-hydrogen) atoms. The van der Waals surface area contributed by atoms with E-state index in [1.807, 2.05) is 0 Å². The van der Waals surface area contributed by atoms with Gasteiger partial charge >= 0.3 is 17.2 Å². The largest absolute Gasteiger partial charge is 0.470 e. The Balaban J connectivity index is 2.94. The average Bonchev–Trinajstić information content (AvgIpc) is 2.74. The van der Waals surface area contributed by atoms with Gasteiger partial charge in [-0.1, -0.05) is 149 Å². The summed E-state index contributed by atoms with van der Waals surface area (Å²) in [6, 6.07) is 8.88. The topological polar surface area (TPSA) is 68.2 Å². The van der Waals surface area contributed by atoms with E-state index in [1.165, 1.54) is 11.1 Å². The van der Waals surface area contributed by atoms with Crippen molar-refractivity contribution in [2.24, 2.45) is 0 Å². The molecule has 0 aliphatic heterocycles. The molecule has 0 aromatic heterocycles. The van der Waals surface area contributed by atoms with Crippen molar-refractivity contribution in [1.82, 2.24) is 0 Å². The van der Waals surface area contributed by atoms with Gasteiger partial charge in [0.15, 0.2) is 0 Å². The second-order valence-corrected chi connectivity index (χ2v) is 20.0. The predicted octanol–water partition coefficient (Wildman–Crippen LogP) is 11.4. The quantitative estimate of drug-likeness (QED) is 0.310. The molecule has 5 nitrogen and oxygen atoms in total. The molecule has 0 saturated carbocycles. The van der Waals surface area contributed by atoms with Crippen LogP contribution >= 0.6 is 17.2 Å². The van der Waals surface area contributed by atoms with Gasteiger partial charge in [0.1, 0.15) is 11.5 Å². The fourth-order valence-electron chi connectivity index (χ4n) is 4.81. The van der Waals surface area contributed by atoms with Crippen LogP contribution < -0.4 is 9.05 Å². The molecule has 0 atom stereocenters. The monoisotopic (exact) mass is 634 g/mol. The van der Waals surface area contributed by atoms with Crippen LogP contribution in [-0.4, -0.2) is 9.79 Å². The fraction of sp³-hybridized carbons (Fsp3) is 0.667. The molecular formula is C36H60O5P2. The Bertz CT molecular complexity index is 1110. The summed E-state index contributed by atoms with van der Waals surface area (Å²) in [6.45, 7) is 39.3. The molecule has 244 valence electrons. The molecule has 0 amide bonds. The van der Waals surface area contributed by atoms with Crippen LogP contribution in [0.2, 0.25) is 0 Å². The lowest BCUT2D eigenvalue weighted by Crippen LogP contribution is -2.24. The van der Waals surface area contributed by atoms with Crippen molar-refractivity contribution in [1.29, 1.82) is 0 Å². The average molecular weight is 635 g/mol. The predicted molar refractivity (Wildman–Crippen MR) is 186 cm³/mol. The maximum Gasteiger partial charge on any atom is 0.470 e. The second-order valence-electron chi connectivity index (χ2n) is 18.0. The lowest BCUT2D eigenvalue weighted by atomic mass is 9.75. The van der Waals surface area contributed by atoms with Crippen molar-refractivity contribution in [2.45, 2.75) is 157 Å². The molecule has 2 aromatic carbocycles. The lowest BCUT2D eigenvalue weighted by Gasteiger charge is -2.35. The highest BCUT2D eigenvalue weighted by Crippen LogP contribution is 2.56. The van der Waals surface area contributed by atoms with E-state index in [-0.39, 0.29) is 32.5 Å². The summed E-state index contributed by atoms with van der Waals surface area (Å²) >= 11 is 0. The van der Waals surface area contributed by atoms with Crippen LogP contribution in [-0.2, 0) is 36.8 Å². The van der Waals surface area contributed by atoms with Gasteiger partial charge in [-0.2, -0.15) is 0 Å². The summed E-state index contributed by atoms with van der Waals surface area (Å²) in [5.41, 5.74) is 5.36. The number of rotatable bonds is 6. The van der Waals surface area contributed by atoms with Gasteiger partial charge in [-0.05, 0) is 43.6 Å². The zero-order valence-corrected chi connectivity index (χ0v) is 32.1. The van der Waals surface area contributed by atoms with E-state index in [9.17, 15) is 9.79 Å². The number of hydrogen-bond donors (Lipinski definition) is 2. The van der Waals surface area contributed by atoms with Crippen LogP contribution in [0.25, 0.3) is 0 Å². The van der Waals surface area contributed by atoms with Crippen LogP contribution in [0.5, 0.6) is 11.5 Å². The molecule has 0 radical (unpaired) electrons. The first-order valence-corrected chi connectivity index (χ1v) is 17.6. The van der Waals surface area contributed by atoms with Crippen molar-refractivity contribution in [3.8, 4) is 11.5 Å². The Morgan fingerprint density at radius 2 is 0.651 bits per heavy atom. The number of benzene rings is 2. The number of hydrogen-bond acceptors (Lipinski definition) is 5. The first-order chi connectivity index (χ1) is 18.9. The van der Waals surface area contributed by atoms with Crippen molar-refractivity contribution in [3.05, 3.63) is 57.6 Å². The van der Waals surface area contributed by atoms with E-state index in [0.29, 0.717) is 11.5 Å². The van der Waals surface area contributed by atoms with Crippen LogP contribution in [0.4, 0.5) is 0 Å². The molecular weight excluding hydrogens is 574 g/mol. The minimum absolute atomic E-state index is 0.0706. The summed E-state index contributed by atoms with van der Waals surface area (Å²) in [5.74, 6) is 1.36. The van der Waals surface area contributed by atoms with Crippen LogP contribution in [0.1, 0.15) is 158 Å². The van der Waals surface area contributed by atoms with Crippen LogP contribution in [0, 0.1) is 0 Å². The first kappa shape index (κ1) is 38.0. The van der Waals surface area contributed by atoms with Gasteiger partial charge in [-0.25, -0.2) is 4.31 Å². The lowest BCUT2D eigenvalue weighted by molar-refractivity contribution is 0.324. The maximum absolute atomic E-state index is 10.2. The molecule has 0 bridgehead atoms. The molecule has 0 spiro atoms. The minimum atomic E-state index is -2.75. The van der Waals surface area contributed by atoms with Crippen molar-refractivity contribution < 1.29 is 23.1 Å². The molecule has 2 rings (SSSR count). The summed E-state index contributed by atoms with van der Waals surface area (Å²) in [4.78, 5) is 20.3. The smallest absolute Gasteiger partial charge is 0.417 e. The van der Waals surface area contributed by atoms with Gasteiger partial charge in [-0.3, -0.25) is 0 Å². The summed E-state index contributed by atoms with van der Waals surface area (Å²) < 4.78 is 19.2. The van der Waals surface area contributed by atoms with Gasteiger partial charge < -0.3 is 18.8 Å². The molecule has 0 unspecified atom stereocenters. The Kier molecular flexibility index (Phi) is 11.1. The van der Waals surface area contributed by atoms with E-state index in [4.69, 9.17) is 13.4 Å². The van der Waals surface area contributed by atoms with Crippen LogP contribution in [0.15, 0.2) is 24.3 Å². The molecule has 0 saturated heterocycles. The zero-order valence-electron chi connectivity index (χ0n) is 30.3. The summed E-state index contributed by atoms with van der Waals surface area (Å²) in [5, 5.41) is 0. The van der Waals surface area contributed by atoms with Gasteiger partial charge in [0.2, 0.25) is 0 Å². The third-order valence-corrected chi connectivity index (χ3v) is 9.39. The molecule has 7 heteroatoms. The normalized spacial score (nSPS) is 14.1. The summed E-state index contributed by atoms with van der Waals surface area (Å²) in [7, 11) is -5.01. The Morgan fingerprint density at radius 3 is 0.814 bits per heavy atom. The van der Waals surface area contributed by atoms with E-state index in [0.717, 1.165) is 22.3 Å². The van der Waals surface area contributed by atoms with E-state index >= 15 is 0 Å². The third kappa shape index (κ3) is 9.88. The van der Waals surface area contributed by atoms with Gasteiger partial charge in [-0.15, -0.1) is 0 Å². The summed E-state index contributed by atoms with van der Waals surface area (Å²) in [6.07, 6.45) is 0. The Morgan fingerprint density at radius 1 is 0.419 bits per heavy atom. The third-order valence-electron chi connectivity index (χ3n) is 7.61. The highest BCUT2D eigenvalue weighted by molar-refractivity contribution is 7.55. The van der Waals surface area contributed by atoms with Crippen molar-refractivity contribution in [3.63, 3.8) is 0 Å². The van der Waals surface area contributed by atoms with Gasteiger partial charge in [0.05, 0.1) is 0 Å². The van der Waals surface area contributed by atoms with Crippen molar-refractivity contribution >= 4 is 17.2 Å². The maximum atomic E-state index is 10.2. The highest BCUT2D eigenvalue weighted by atomic mass is 31.2. The standard InChI is InChI=1S/C36H60O5P2/c1-31(2,3)23-19-25(33(7,8)9)29(26(20-23)34(10,11)12)39-43(41-42(37)38)40-30-27(35(13,14)15)21-24(32(4,5)6)22-28(30)36(16,17)18/h19-22,37-38H,1-18H3. The van der Waals surface area contributed by atoms with Crippen molar-refractivity contribution in [2.75, 3.05) is 0 Å². The van der Waals surface area contributed by atoms with Crippen LogP contribution in [0.3, 0.4) is 0 Å². The highest BCUT2D eigenvalue weighted by Gasteiger charge is 2.37. The molecule has 2 N–H and O–H groups in total. The molecule has 0 aliphatic rings. The fourth-order valence-corrected chi connectivity index (χ4v) is 6.28. The van der Waals surface area contributed by atoms with Gasteiger partial charge in [0.25, 0.3) is 0 Å². The van der Waals surface area contributed by atoms with E-state index in [1.54, 1.807) is 0 Å². The second kappa shape index (κ2) is 12.5. The minimum Gasteiger partial charge on any atom is -0.417 e. The first-order valence-electron chi connectivity index (χ1n) is 15.3. The molecule has 0 fully saturated rings. The van der Waals surface area contributed by atoms with E-state index in [2.05, 4.69) is 149 Å². The zero-order chi connectivity index (χ0) is 33.7. The Hall–Kier alpha value is -1.22.